The Labute approximate surface area is 123 Å². The predicted molar refractivity (Wildman–Crippen MR) is 83.7 cm³/mol. The third-order valence-electron chi connectivity index (χ3n) is 3.22. The molecule has 0 saturated heterocycles. The number of nitrogens with one attached hydrogen (secondary N) is 1. The van der Waals surface area contributed by atoms with E-state index in [0.29, 0.717) is 6.54 Å². The summed E-state index contributed by atoms with van der Waals surface area (Å²) < 4.78 is 0. The standard InChI is InChI=1S/C16H20N2OS/c1-3-13-8-9-14(20-13)10-18-16(19)15(17)12-6-4-11(2)5-7-12/h4-9,15H,3,10,17H2,1-2H3,(H,18,19). The molecule has 20 heavy (non-hydrogen) atoms. The maximum absolute atomic E-state index is 12.0. The van der Waals surface area contributed by atoms with Crippen molar-refractivity contribution >= 4 is 17.2 Å². The molecule has 1 amide bonds. The molecule has 0 aliphatic rings. The number of hydrogen-bond acceptors (Lipinski definition) is 3. The highest BCUT2D eigenvalue weighted by Gasteiger charge is 2.15. The van der Waals surface area contributed by atoms with Gasteiger partial charge in [0.1, 0.15) is 6.04 Å². The van der Waals surface area contributed by atoms with Gasteiger partial charge in [0.2, 0.25) is 5.91 Å². The van der Waals surface area contributed by atoms with Crippen molar-refractivity contribution in [2.24, 2.45) is 5.73 Å². The first-order chi connectivity index (χ1) is 9.60. The minimum Gasteiger partial charge on any atom is -0.350 e. The SMILES string of the molecule is CCc1ccc(CNC(=O)C(N)c2ccc(C)cc2)s1. The van der Waals surface area contributed by atoms with Gasteiger partial charge in [0.25, 0.3) is 0 Å². The van der Waals surface area contributed by atoms with Gasteiger partial charge in [0.05, 0.1) is 6.54 Å². The first-order valence-corrected chi connectivity index (χ1v) is 7.59. The van der Waals surface area contributed by atoms with E-state index < -0.39 is 6.04 Å². The van der Waals surface area contributed by atoms with Gasteiger partial charge in [-0.25, -0.2) is 0 Å². The third-order valence-corrected chi connectivity index (χ3v) is 4.45. The van der Waals surface area contributed by atoms with Gasteiger partial charge in [-0.15, -0.1) is 11.3 Å². The summed E-state index contributed by atoms with van der Waals surface area (Å²) in [5, 5.41) is 2.90. The van der Waals surface area contributed by atoms with E-state index in [1.165, 1.54) is 4.88 Å². The molecule has 1 aromatic heterocycles. The van der Waals surface area contributed by atoms with Crippen LogP contribution in [0.5, 0.6) is 0 Å². The van der Waals surface area contributed by atoms with Crippen molar-refractivity contribution in [3.63, 3.8) is 0 Å². The molecule has 2 rings (SSSR count). The number of amides is 1. The summed E-state index contributed by atoms with van der Waals surface area (Å²) in [7, 11) is 0. The van der Waals surface area contributed by atoms with Gasteiger partial charge in [-0.1, -0.05) is 36.8 Å². The third kappa shape index (κ3) is 3.68. The molecular formula is C16H20N2OS. The second kappa shape index (κ2) is 6.68. The van der Waals surface area contributed by atoms with Crippen molar-refractivity contribution in [1.29, 1.82) is 0 Å². The zero-order chi connectivity index (χ0) is 14.5. The Morgan fingerprint density at radius 1 is 1.20 bits per heavy atom. The maximum atomic E-state index is 12.0. The highest BCUT2D eigenvalue weighted by molar-refractivity contribution is 7.11. The minimum absolute atomic E-state index is 0.139. The second-order valence-electron chi connectivity index (χ2n) is 4.83. The summed E-state index contributed by atoms with van der Waals surface area (Å²) in [6, 6.07) is 11.3. The van der Waals surface area contributed by atoms with E-state index in [0.717, 1.165) is 22.4 Å². The van der Waals surface area contributed by atoms with Crippen LogP contribution in [-0.2, 0) is 17.8 Å². The lowest BCUT2D eigenvalue weighted by Gasteiger charge is -2.12. The molecule has 1 atom stereocenters. The molecule has 0 aliphatic heterocycles. The lowest BCUT2D eigenvalue weighted by molar-refractivity contribution is -0.122. The number of carbonyl (C=O) groups is 1. The van der Waals surface area contributed by atoms with Gasteiger partial charge in [0, 0.05) is 9.75 Å². The zero-order valence-corrected chi connectivity index (χ0v) is 12.7. The predicted octanol–water partition coefficient (Wildman–Crippen LogP) is 2.94. The Hall–Kier alpha value is -1.65. The van der Waals surface area contributed by atoms with Crippen LogP contribution in [0.3, 0.4) is 0 Å². The average Bonchev–Trinajstić information content (AvgIpc) is 2.93. The summed E-state index contributed by atoms with van der Waals surface area (Å²) in [5.74, 6) is -0.139. The molecule has 3 N–H and O–H groups in total. The molecule has 3 nitrogen and oxygen atoms in total. The van der Waals surface area contributed by atoms with Gasteiger partial charge in [0.15, 0.2) is 0 Å². The van der Waals surface area contributed by atoms with E-state index in [1.807, 2.05) is 31.2 Å². The van der Waals surface area contributed by atoms with Crippen LogP contribution in [0.1, 0.15) is 33.8 Å². The van der Waals surface area contributed by atoms with Crippen LogP contribution in [0.4, 0.5) is 0 Å². The molecule has 106 valence electrons. The van der Waals surface area contributed by atoms with E-state index in [1.54, 1.807) is 11.3 Å². The Balaban J connectivity index is 1.92. The normalized spacial score (nSPS) is 12.2. The van der Waals surface area contributed by atoms with Crippen LogP contribution in [-0.4, -0.2) is 5.91 Å². The van der Waals surface area contributed by atoms with Crippen molar-refractivity contribution < 1.29 is 4.79 Å². The fourth-order valence-corrected chi connectivity index (χ4v) is 2.81. The number of rotatable bonds is 5. The summed E-state index contributed by atoms with van der Waals surface area (Å²) >= 11 is 1.73. The topological polar surface area (TPSA) is 55.1 Å². The van der Waals surface area contributed by atoms with Gasteiger partial charge in [-0.05, 0) is 31.0 Å². The van der Waals surface area contributed by atoms with Gasteiger partial charge < -0.3 is 11.1 Å². The molecule has 0 aliphatic carbocycles. The fourth-order valence-electron chi connectivity index (χ4n) is 1.92. The quantitative estimate of drug-likeness (QED) is 0.889. The Morgan fingerprint density at radius 3 is 2.45 bits per heavy atom. The lowest BCUT2D eigenvalue weighted by atomic mass is 10.1. The Morgan fingerprint density at radius 2 is 1.85 bits per heavy atom. The second-order valence-corrected chi connectivity index (χ2v) is 6.08. The smallest absolute Gasteiger partial charge is 0.241 e. The number of benzene rings is 1. The summed E-state index contributed by atoms with van der Waals surface area (Å²) in [4.78, 5) is 14.5. The molecule has 4 heteroatoms. The van der Waals surface area contributed by atoms with Crippen LogP contribution < -0.4 is 11.1 Å². The van der Waals surface area contributed by atoms with E-state index in [4.69, 9.17) is 5.73 Å². The van der Waals surface area contributed by atoms with Crippen LogP contribution in [0.25, 0.3) is 0 Å². The monoisotopic (exact) mass is 288 g/mol. The number of thiophene rings is 1. The molecule has 0 bridgehead atoms. The van der Waals surface area contributed by atoms with Crippen molar-refractivity contribution in [2.45, 2.75) is 32.9 Å². The largest absolute Gasteiger partial charge is 0.350 e. The molecular weight excluding hydrogens is 268 g/mol. The first kappa shape index (κ1) is 14.8. The van der Waals surface area contributed by atoms with Gasteiger partial charge in [-0.2, -0.15) is 0 Å². The molecule has 0 spiro atoms. The summed E-state index contributed by atoms with van der Waals surface area (Å²) in [5.41, 5.74) is 7.98. The summed E-state index contributed by atoms with van der Waals surface area (Å²) in [6.45, 7) is 4.68. The molecule has 1 heterocycles. The number of nitrogens with two attached hydrogens (primary N) is 1. The number of aryl methyl sites for hydroxylation is 2. The van der Waals surface area contributed by atoms with Crippen LogP contribution in [0.2, 0.25) is 0 Å². The Kier molecular flexibility index (Phi) is 4.93. The van der Waals surface area contributed by atoms with Crippen molar-refractivity contribution in [2.75, 3.05) is 0 Å². The molecule has 2 aromatic rings. The number of hydrogen-bond donors (Lipinski definition) is 2. The van der Waals surface area contributed by atoms with Crippen LogP contribution in [0, 0.1) is 6.92 Å². The highest BCUT2D eigenvalue weighted by Crippen LogP contribution is 2.17. The zero-order valence-electron chi connectivity index (χ0n) is 11.8. The van der Waals surface area contributed by atoms with E-state index in [2.05, 4.69) is 24.4 Å². The molecule has 1 unspecified atom stereocenters. The first-order valence-electron chi connectivity index (χ1n) is 6.77. The molecule has 0 fully saturated rings. The molecule has 0 saturated carbocycles. The highest BCUT2D eigenvalue weighted by atomic mass is 32.1. The maximum Gasteiger partial charge on any atom is 0.241 e. The lowest BCUT2D eigenvalue weighted by Crippen LogP contribution is -2.33. The summed E-state index contributed by atoms with van der Waals surface area (Å²) in [6.07, 6.45) is 1.03. The Bertz CT molecular complexity index is 574. The van der Waals surface area contributed by atoms with E-state index in [-0.39, 0.29) is 5.91 Å². The molecule has 1 aromatic carbocycles. The number of carbonyl (C=O) groups excluding carboxylic acids is 1. The fraction of sp³-hybridized carbons (Fsp3) is 0.312. The molecule has 0 radical (unpaired) electrons. The van der Waals surface area contributed by atoms with Gasteiger partial charge in [-0.3, -0.25) is 4.79 Å². The van der Waals surface area contributed by atoms with E-state index in [9.17, 15) is 4.79 Å². The minimum atomic E-state index is -0.610. The van der Waals surface area contributed by atoms with Crippen molar-refractivity contribution in [3.05, 3.63) is 57.3 Å². The van der Waals surface area contributed by atoms with Crippen LogP contribution >= 0.6 is 11.3 Å². The van der Waals surface area contributed by atoms with Crippen molar-refractivity contribution in [1.82, 2.24) is 5.32 Å². The van der Waals surface area contributed by atoms with Gasteiger partial charge >= 0.3 is 0 Å². The van der Waals surface area contributed by atoms with Crippen molar-refractivity contribution in [3.8, 4) is 0 Å². The van der Waals surface area contributed by atoms with E-state index >= 15 is 0 Å². The average molecular weight is 288 g/mol. The van der Waals surface area contributed by atoms with Crippen LogP contribution in [0.15, 0.2) is 36.4 Å².